The molecule has 0 bridgehead atoms. The molecule has 0 amide bonds. The Morgan fingerprint density at radius 2 is 2.16 bits per heavy atom. The van der Waals surface area contributed by atoms with Crippen molar-refractivity contribution in [3.05, 3.63) is 23.8 Å². The van der Waals surface area contributed by atoms with E-state index in [1.165, 1.54) is 31.5 Å². The van der Waals surface area contributed by atoms with Crippen molar-refractivity contribution in [2.75, 3.05) is 39.8 Å². The van der Waals surface area contributed by atoms with Gasteiger partial charge in [-0.2, -0.15) is 0 Å². The lowest BCUT2D eigenvalue weighted by Gasteiger charge is -2.25. The largest absolute Gasteiger partial charge is 0.508 e. The summed E-state index contributed by atoms with van der Waals surface area (Å²) in [6.07, 6.45) is 2.69. The van der Waals surface area contributed by atoms with Gasteiger partial charge in [-0.1, -0.05) is 0 Å². The zero-order valence-corrected chi connectivity index (χ0v) is 11.5. The van der Waals surface area contributed by atoms with Gasteiger partial charge in [0.2, 0.25) is 0 Å². The molecular formula is C15H22N2O2. The van der Waals surface area contributed by atoms with E-state index in [0.717, 1.165) is 18.8 Å². The molecule has 4 nitrogen and oxygen atoms in total. The fourth-order valence-corrected chi connectivity index (χ4v) is 3.01. The van der Waals surface area contributed by atoms with E-state index >= 15 is 0 Å². The molecule has 104 valence electrons. The highest BCUT2D eigenvalue weighted by atomic mass is 16.5. The van der Waals surface area contributed by atoms with Crippen molar-refractivity contribution in [3.8, 4) is 11.5 Å². The van der Waals surface area contributed by atoms with Crippen LogP contribution in [0.3, 0.4) is 0 Å². The summed E-state index contributed by atoms with van der Waals surface area (Å²) in [6.45, 7) is 5.39. The highest BCUT2D eigenvalue weighted by Crippen LogP contribution is 2.37. The van der Waals surface area contributed by atoms with Crippen LogP contribution in [-0.2, 0) is 0 Å². The smallest absolute Gasteiger partial charge is 0.127 e. The van der Waals surface area contributed by atoms with Crippen molar-refractivity contribution in [3.63, 3.8) is 0 Å². The maximum absolute atomic E-state index is 9.47. The maximum atomic E-state index is 9.47. The molecule has 1 fully saturated rings. The molecule has 1 atom stereocenters. The number of benzene rings is 1. The lowest BCUT2D eigenvalue weighted by atomic mass is 10.1. The monoisotopic (exact) mass is 262 g/mol. The fourth-order valence-electron chi connectivity index (χ4n) is 3.01. The lowest BCUT2D eigenvalue weighted by Crippen LogP contribution is -2.34. The third kappa shape index (κ3) is 2.69. The molecule has 0 radical (unpaired) electrons. The topological polar surface area (TPSA) is 35.9 Å². The van der Waals surface area contributed by atoms with Crippen LogP contribution in [0, 0.1) is 0 Å². The lowest BCUT2D eigenvalue weighted by molar-refractivity contribution is 0.175. The van der Waals surface area contributed by atoms with Gasteiger partial charge in [0.1, 0.15) is 18.1 Å². The Hall–Kier alpha value is -1.26. The third-order valence-electron chi connectivity index (χ3n) is 4.25. The normalized spacial score (nSPS) is 22.7. The van der Waals surface area contributed by atoms with E-state index in [1.54, 1.807) is 12.1 Å². The van der Waals surface area contributed by atoms with Gasteiger partial charge in [0, 0.05) is 24.7 Å². The van der Waals surface area contributed by atoms with Crippen LogP contribution in [0.2, 0.25) is 0 Å². The van der Waals surface area contributed by atoms with Crippen LogP contribution in [0.5, 0.6) is 11.5 Å². The fraction of sp³-hybridized carbons (Fsp3) is 0.600. The molecule has 1 aromatic rings. The zero-order chi connectivity index (χ0) is 13.2. The predicted octanol–water partition coefficient (Wildman–Crippen LogP) is 1.85. The summed E-state index contributed by atoms with van der Waals surface area (Å²) in [4.78, 5) is 4.89. The van der Waals surface area contributed by atoms with Crippen LogP contribution in [0.15, 0.2) is 18.2 Å². The van der Waals surface area contributed by atoms with E-state index < -0.39 is 0 Å². The summed E-state index contributed by atoms with van der Waals surface area (Å²) in [6, 6.07) is 5.76. The summed E-state index contributed by atoms with van der Waals surface area (Å²) in [7, 11) is 2.16. The van der Waals surface area contributed by atoms with Crippen LogP contribution >= 0.6 is 0 Å². The third-order valence-corrected chi connectivity index (χ3v) is 4.25. The standard InChI is InChI=1S/C15H22N2O2/c1-16(8-9-17-6-2-3-7-17)14-11-19-15-10-12(18)4-5-13(14)15/h4-5,10,14,18H,2-3,6-9,11H2,1H3. The van der Waals surface area contributed by atoms with Crippen molar-refractivity contribution in [2.24, 2.45) is 0 Å². The van der Waals surface area contributed by atoms with E-state index in [2.05, 4.69) is 16.8 Å². The number of likely N-dealkylation sites (N-methyl/N-ethyl adjacent to an activating group) is 1. The van der Waals surface area contributed by atoms with Crippen molar-refractivity contribution < 1.29 is 9.84 Å². The van der Waals surface area contributed by atoms with Crippen LogP contribution in [0.4, 0.5) is 0 Å². The number of phenolic OH excluding ortho intramolecular Hbond substituents is 1. The van der Waals surface area contributed by atoms with Crippen LogP contribution in [-0.4, -0.2) is 54.7 Å². The highest BCUT2D eigenvalue weighted by molar-refractivity contribution is 5.44. The second kappa shape index (κ2) is 5.39. The number of hydrogen-bond donors (Lipinski definition) is 1. The number of ether oxygens (including phenoxy) is 1. The molecule has 1 N–H and O–H groups in total. The molecule has 2 heterocycles. The van der Waals surface area contributed by atoms with Crippen molar-refractivity contribution in [1.29, 1.82) is 0 Å². The average molecular weight is 262 g/mol. The molecule has 0 aromatic heterocycles. The Bertz CT molecular complexity index is 444. The van der Waals surface area contributed by atoms with E-state index in [0.29, 0.717) is 12.6 Å². The van der Waals surface area contributed by atoms with Crippen molar-refractivity contribution in [2.45, 2.75) is 18.9 Å². The molecule has 1 saturated heterocycles. The molecule has 0 spiro atoms. The molecule has 0 aliphatic carbocycles. The minimum atomic E-state index is 0.277. The Morgan fingerprint density at radius 1 is 1.37 bits per heavy atom. The van der Waals surface area contributed by atoms with E-state index in [-0.39, 0.29) is 5.75 Å². The molecule has 2 aliphatic rings. The minimum absolute atomic E-state index is 0.277. The van der Waals surface area contributed by atoms with Gasteiger partial charge in [-0.05, 0) is 45.1 Å². The number of fused-ring (bicyclic) bond motifs is 1. The molecule has 1 unspecified atom stereocenters. The van der Waals surface area contributed by atoms with Crippen molar-refractivity contribution in [1.82, 2.24) is 9.80 Å². The summed E-state index contributed by atoms with van der Waals surface area (Å²) in [5.74, 6) is 1.11. The number of aromatic hydroxyl groups is 1. The van der Waals surface area contributed by atoms with Gasteiger partial charge in [-0.15, -0.1) is 0 Å². The van der Waals surface area contributed by atoms with Gasteiger partial charge in [-0.25, -0.2) is 0 Å². The molecule has 19 heavy (non-hydrogen) atoms. The SMILES string of the molecule is CN(CCN1CCCC1)C1COc2cc(O)ccc21. The Balaban J connectivity index is 1.60. The van der Waals surface area contributed by atoms with Crippen LogP contribution in [0.25, 0.3) is 0 Å². The molecule has 3 rings (SSSR count). The van der Waals surface area contributed by atoms with Crippen LogP contribution in [0.1, 0.15) is 24.4 Å². The first-order valence-corrected chi connectivity index (χ1v) is 7.12. The molecule has 0 saturated carbocycles. The van der Waals surface area contributed by atoms with Crippen LogP contribution < -0.4 is 4.74 Å². The van der Waals surface area contributed by atoms with Gasteiger partial charge < -0.3 is 14.7 Å². The first-order chi connectivity index (χ1) is 9.24. The van der Waals surface area contributed by atoms with E-state index in [9.17, 15) is 5.11 Å². The first kappa shape index (κ1) is 12.8. The van der Waals surface area contributed by atoms with Crippen molar-refractivity contribution >= 4 is 0 Å². The zero-order valence-electron chi connectivity index (χ0n) is 11.5. The number of hydrogen-bond acceptors (Lipinski definition) is 4. The quantitative estimate of drug-likeness (QED) is 0.898. The van der Waals surface area contributed by atoms with Gasteiger partial charge >= 0.3 is 0 Å². The van der Waals surface area contributed by atoms with E-state index in [4.69, 9.17) is 4.74 Å². The second-order valence-corrected chi connectivity index (χ2v) is 5.58. The molecular weight excluding hydrogens is 240 g/mol. The molecule has 4 heteroatoms. The Morgan fingerprint density at radius 3 is 2.95 bits per heavy atom. The molecule has 1 aromatic carbocycles. The average Bonchev–Trinajstić information content (AvgIpc) is 3.04. The van der Waals surface area contributed by atoms with Gasteiger partial charge in [0.25, 0.3) is 0 Å². The van der Waals surface area contributed by atoms with Gasteiger partial charge in [0.15, 0.2) is 0 Å². The van der Waals surface area contributed by atoms with E-state index in [1.807, 2.05) is 6.07 Å². The summed E-state index contributed by atoms with van der Waals surface area (Å²) >= 11 is 0. The summed E-state index contributed by atoms with van der Waals surface area (Å²) in [5.41, 5.74) is 1.20. The number of rotatable bonds is 4. The predicted molar refractivity (Wildman–Crippen MR) is 74.6 cm³/mol. The first-order valence-electron chi connectivity index (χ1n) is 7.12. The Kier molecular flexibility index (Phi) is 3.62. The van der Waals surface area contributed by atoms with Gasteiger partial charge in [-0.3, -0.25) is 4.90 Å². The molecule has 2 aliphatic heterocycles. The number of phenols is 1. The summed E-state index contributed by atoms with van der Waals surface area (Å²) < 4.78 is 5.67. The minimum Gasteiger partial charge on any atom is -0.508 e. The second-order valence-electron chi connectivity index (χ2n) is 5.58. The van der Waals surface area contributed by atoms with Gasteiger partial charge in [0.05, 0.1) is 6.04 Å². The Labute approximate surface area is 114 Å². The summed E-state index contributed by atoms with van der Waals surface area (Å²) in [5, 5.41) is 9.47. The maximum Gasteiger partial charge on any atom is 0.127 e. The highest BCUT2D eigenvalue weighted by Gasteiger charge is 2.28. The number of likely N-dealkylation sites (tertiary alicyclic amines) is 1. The number of nitrogens with zero attached hydrogens (tertiary/aromatic N) is 2.